The number of halogens is 1. The van der Waals surface area contributed by atoms with Crippen LogP contribution in [-0.4, -0.2) is 45.4 Å². The van der Waals surface area contributed by atoms with Crippen LogP contribution < -0.4 is 10.6 Å². The fourth-order valence-electron chi connectivity index (χ4n) is 3.19. The first-order valence-corrected chi connectivity index (χ1v) is 11.4. The van der Waals surface area contributed by atoms with E-state index in [1.54, 1.807) is 23.5 Å². The van der Waals surface area contributed by atoms with Gasteiger partial charge in [0.2, 0.25) is 10.0 Å². The number of nitrogens with one attached hydrogen (secondary N) is 2. The first kappa shape index (κ1) is 25.2. The molecule has 0 radical (unpaired) electrons. The number of hydrogen-bond donors (Lipinski definition) is 2. The lowest BCUT2D eigenvalue weighted by molar-refractivity contribution is 0.346. The van der Waals surface area contributed by atoms with Gasteiger partial charge in [0.1, 0.15) is 0 Å². The lowest BCUT2D eigenvalue weighted by Crippen LogP contribution is -2.37. The minimum Gasteiger partial charge on any atom is -0.356 e. The Morgan fingerprint density at radius 2 is 1.89 bits per heavy atom. The Kier molecular flexibility index (Phi) is 11.4. The molecule has 6 nitrogen and oxygen atoms in total. The van der Waals surface area contributed by atoms with E-state index in [1.165, 1.54) is 6.42 Å². The van der Waals surface area contributed by atoms with Crippen molar-refractivity contribution in [2.75, 3.05) is 26.7 Å². The Balaban J connectivity index is 0.00000392. The summed E-state index contributed by atoms with van der Waals surface area (Å²) in [7, 11) is -1.65. The van der Waals surface area contributed by atoms with E-state index in [2.05, 4.69) is 29.5 Å². The lowest BCUT2D eigenvalue weighted by Gasteiger charge is -2.26. The van der Waals surface area contributed by atoms with E-state index in [4.69, 9.17) is 0 Å². The average molecular weight is 522 g/mol. The highest BCUT2D eigenvalue weighted by molar-refractivity contribution is 14.0. The number of sulfonamides is 1. The summed E-state index contributed by atoms with van der Waals surface area (Å²) < 4.78 is 27.3. The molecule has 160 valence electrons. The molecule has 2 rings (SSSR count). The zero-order valence-corrected chi connectivity index (χ0v) is 20.4. The van der Waals surface area contributed by atoms with E-state index in [1.807, 2.05) is 12.1 Å². The van der Waals surface area contributed by atoms with Gasteiger partial charge in [-0.1, -0.05) is 32.4 Å². The SMILES string of the molecule is CN=C(NCCCC(C)C)NCc1cccc(S(=O)(=O)N2CCCCC2)c1.I. The molecule has 1 heterocycles. The maximum absolute atomic E-state index is 12.8. The molecule has 2 N–H and O–H groups in total. The molecule has 1 aromatic rings. The van der Waals surface area contributed by atoms with Crippen LogP contribution in [0.1, 0.15) is 51.5 Å². The second-order valence-electron chi connectivity index (χ2n) is 7.50. The van der Waals surface area contributed by atoms with Gasteiger partial charge in [0.05, 0.1) is 4.90 Å². The predicted molar refractivity (Wildman–Crippen MR) is 127 cm³/mol. The molecule has 1 aromatic carbocycles. The van der Waals surface area contributed by atoms with Crippen molar-refractivity contribution in [1.82, 2.24) is 14.9 Å². The van der Waals surface area contributed by atoms with Crippen LogP contribution in [0.5, 0.6) is 0 Å². The Morgan fingerprint density at radius 1 is 1.18 bits per heavy atom. The molecule has 0 saturated carbocycles. The van der Waals surface area contributed by atoms with E-state index in [0.29, 0.717) is 30.4 Å². The van der Waals surface area contributed by atoms with Crippen molar-refractivity contribution >= 4 is 40.0 Å². The number of benzene rings is 1. The zero-order chi connectivity index (χ0) is 19.7. The van der Waals surface area contributed by atoms with Crippen molar-refractivity contribution in [3.63, 3.8) is 0 Å². The second-order valence-corrected chi connectivity index (χ2v) is 9.44. The van der Waals surface area contributed by atoms with E-state index in [9.17, 15) is 8.42 Å². The highest BCUT2D eigenvalue weighted by atomic mass is 127. The van der Waals surface area contributed by atoms with Crippen molar-refractivity contribution in [2.45, 2.75) is 57.4 Å². The van der Waals surface area contributed by atoms with Gasteiger partial charge in [-0.2, -0.15) is 4.31 Å². The molecular weight excluding hydrogens is 487 g/mol. The van der Waals surface area contributed by atoms with E-state index >= 15 is 0 Å². The Morgan fingerprint density at radius 3 is 2.54 bits per heavy atom. The summed E-state index contributed by atoms with van der Waals surface area (Å²) in [5.74, 6) is 1.44. The topological polar surface area (TPSA) is 73.8 Å². The first-order valence-electron chi connectivity index (χ1n) is 9.97. The van der Waals surface area contributed by atoms with Gasteiger partial charge in [0.15, 0.2) is 5.96 Å². The number of piperidine rings is 1. The highest BCUT2D eigenvalue weighted by Gasteiger charge is 2.25. The number of aliphatic imine (C=N–C) groups is 1. The van der Waals surface area contributed by atoms with Gasteiger partial charge in [0, 0.05) is 33.2 Å². The summed E-state index contributed by atoms with van der Waals surface area (Å²) in [4.78, 5) is 4.61. The van der Waals surface area contributed by atoms with Crippen LogP contribution in [0, 0.1) is 5.92 Å². The molecule has 28 heavy (non-hydrogen) atoms. The first-order chi connectivity index (χ1) is 12.9. The molecule has 1 fully saturated rings. The quantitative estimate of drug-likeness (QED) is 0.237. The van der Waals surface area contributed by atoms with Crippen LogP contribution in [0.4, 0.5) is 0 Å². The minimum absolute atomic E-state index is 0. The van der Waals surface area contributed by atoms with Gasteiger partial charge in [0.25, 0.3) is 0 Å². The van der Waals surface area contributed by atoms with Crippen LogP contribution >= 0.6 is 24.0 Å². The third-order valence-electron chi connectivity index (χ3n) is 4.79. The summed E-state index contributed by atoms with van der Waals surface area (Å²) in [5, 5.41) is 6.57. The van der Waals surface area contributed by atoms with Crippen molar-refractivity contribution in [1.29, 1.82) is 0 Å². The average Bonchev–Trinajstić information content (AvgIpc) is 2.68. The minimum atomic E-state index is -3.39. The smallest absolute Gasteiger partial charge is 0.243 e. The van der Waals surface area contributed by atoms with Crippen LogP contribution in [0.15, 0.2) is 34.2 Å². The zero-order valence-electron chi connectivity index (χ0n) is 17.3. The molecule has 0 bridgehead atoms. The van der Waals surface area contributed by atoms with Crippen molar-refractivity contribution in [2.24, 2.45) is 10.9 Å². The molecule has 1 aliphatic rings. The fourth-order valence-corrected chi connectivity index (χ4v) is 4.78. The lowest BCUT2D eigenvalue weighted by atomic mass is 10.1. The van der Waals surface area contributed by atoms with Crippen molar-refractivity contribution < 1.29 is 8.42 Å². The van der Waals surface area contributed by atoms with Gasteiger partial charge >= 0.3 is 0 Å². The molecule has 1 aliphatic heterocycles. The highest BCUT2D eigenvalue weighted by Crippen LogP contribution is 2.21. The second kappa shape index (κ2) is 12.6. The molecule has 0 aromatic heterocycles. The van der Waals surface area contributed by atoms with Crippen molar-refractivity contribution in [3.05, 3.63) is 29.8 Å². The standard InChI is InChI=1S/C20H34N4O2S.HI/c1-17(2)9-8-12-22-20(21-3)23-16-18-10-7-11-19(15-18)27(25,26)24-13-5-4-6-14-24;/h7,10-11,15,17H,4-6,8-9,12-14,16H2,1-3H3,(H2,21,22,23);1H. The number of nitrogens with zero attached hydrogens (tertiary/aromatic N) is 2. The van der Waals surface area contributed by atoms with Crippen LogP contribution in [0.25, 0.3) is 0 Å². The van der Waals surface area contributed by atoms with Crippen LogP contribution in [0.2, 0.25) is 0 Å². The third kappa shape index (κ3) is 7.87. The summed E-state index contributed by atoms with van der Waals surface area (Å²) in [6.07, 6.45) is 5.28. The maximum Gasteiger partial charge on any atom is 0.243 e. The molecule has 0 atom stereocenters. The molecule has 8 heteroatoms. The monoisotopic (exact) mass is 522 g/mol. The number of rotatable bonds is 8. The normalized spacial score (nSPS) is 15.9. The van der Waals surface area contributed by atoms with Gasteiger partial charge < -0.3 is 10.6 Å². The largest absolute Gasteiger partial charge is 0.356 e. The summed E-state index contributed by atoms with van der Waals surface area (Å²) in [5.41, 5.74) is 0.929. The molecule has 0 aliphatic carbocycles. The summed E-state index contributed by atoms with van der Waals surface area (Å²) in [6.45, 7) is 7.10. The maximum atomic E-state index is 12.8. The van der Waals surface area contributed by atoms with Gasteiger partial charge in [-0.15, -0.1) is 24.0 Å². The summed E-state index contributed by atoms with van der Waals surface area (Å²) in [6, 6.07) is 7.20. The Labute approximate surface area is 187 Å². The molecule has 0 spiro atoms. The van der Waals surface area contributed by atoms with Crippen LogP contribution in [-0.2, 0) is 16.6 Å². The molecular formula is C20H35IN4O2S. The van der Waals surface area contributed by atoms with E-state index in [-0.39, 0.29) is 24.0 Å². The number of guanidine groups is 1. The Hall–Kier alpha value is -0.870. The molecule has 0 amide bonds. The molecule has 1 saturated heterocycles. The summed E-state index contributed by atoms with van der Waals surface area (Å²) >= 11 is 0. The van der Waals surface area contributed by atoms with Gasteiger partial charge in [-0.25, -0.2) is 8.42 Å². The fraction of sp³-hybridized carbons (Fsp3) is 0.650. The van der Waals surface area contributed by atoms with Crippen LogP contribution in [0.3, 0.4) is 0 Å². The van der Waals surface area contributed by atoms with Gasteiger partial charge in [-0.3, -0.25) is 4.99 Å². The Bertz CT molecular complexity index is 717. The third-order valence-corrected chi connectivity index (χ3v) is 6.68. The van der Waals surface area contributed by atoms with E-state index in [0.717, 1.165) is 43.8 Å². The predicted octanol–water partition coefficient (Wildman–Crippen LogP) is 3.58. The van der Waals surface area contributed by atoms with Gasteiger partial charge in [-0.05, 0) is 49.3 Å². The number of hydrogen-bond acceptors (Lipinski definition) is 3. The van der Waals surface area contributed by atoms with Crippen molar-refractivity contribution in [3.8, 4) is 0 Å². The van der Waals surface area contributed by atoms with E-state index < -0.39 is 10.0 Å². The molecule has 0 unspecified atom stereocenters.